The van der Waals surface area contributed by atoms with E-state index in [9.17, 15) is 22.8 Å². The van der Waals surface area contributed by atoms with Gasteiger partial charge in [0.25, 0.3) is 5.91 Å². The SMILES string of the molecule is O=C(Nc1ccc(Br)c(C(F)(F)F)c1)c1ccc(=O)[nH]c1. The first-order valence-electron chi connectivity index (χ1n) is 5.64. The zero-order valence-electron chi connectivity index (χ0n) is 10.3. The molecule has 0 aliphatic heterocycles. The Balaban J connectivity index is 2.26. The lowest BCUT2D eigenvalue weighted by Gasteiger charge is -2.12. The average Bonchev–Trinajstić information content (AvgIpc) is 2.40. The van der Waals surface area contributed by atoms with Crippen molar-refractivity contribution in [2.24, 2.45) is 0 Å². The third-order valence-corrected chi connectivity index (χ3v) is 3.27. The molecule has 4 nitrogen and oxygen atoms in total. The van der Waals surface area contributed by atoms with Crippen LogP contribution in [-0.2, 0) is 6.18 Å². The van der Waals surface area contributed by atoms with E-state index in [-0.39, 0.29) is 21.3 Å². The number of halogens is 4. The monoisotopic (exact) mass is 360 g/mol. The molecule has 0 aliphatic carbocycles. The molecule has 21 heavy (non-hydrogen) atoms. The number of hydrogen-bond donors (Lipinski definition) is 2. The molecule has 1 aromatic heterocycles. The van der Waals surface area contributed by atoms with Crippen molar-refractivity contribution in [3.8, 4) is 0 Å². The molecule has 2 aromatic rings. The molecule has 1 aromatic carbocycles. The lowest BCUT2D eigenvalue weighted by molar-refractivity contribution is -0.138. The predicted molar refractivity (Wildman–Crippen MR) is 74.2 cm³/mol. The topological polar surface area (TPSA) is 62.0 Å². The molecule has 1 heterocycles. The molecule has 0 fully saturated rings. The van der Waals surface area contributed by atoms with Gasteiger partial charge < -0.3 is 10.3 Å². The van der Waals surface area contributed by atoms with Crippen LogP contribution in [0.4, 0.5) is 18.9 Å². The van der Waals surface area contributed by atoms with E-state index in [2.05, 4.69) is 26.2 Å². The van der Waals surface area contributed by atoms with Crippen molar-refractivity contribution in [1.82, 2.24) is 4.98 Å². The smallest absolute Gasteiger partial charge is 0.328 e. The minimum absolute atomic E-state index is 0.00160. The summed E-state index contributed by atoms with van der Waals surface area (Å²) in [7, 11) is 0. The normalized spacial score (nSPS) is 11.2. The van der Waals surface area contributed by atoms with E-state index in [0.717, 1.165) is 12.1 Å². The fraction of sp³-hybridized carbons (Fsp3) is 0.0769. The highest BCUT2D eigenvalue weighted by Crippen LogP contribution is 2.36. The molecule has 0 spiro atoms. The number of carbonyl (C=O) groups excluding carboxylic acids is 1. The van der Waals surface area contributed by atoms with Crippen molar-refractivity contribution >= 4 is 27.5 Å². The van der Waals surface area contributed by atoms with Crippen LogP contribution in [0, 0.1) is 0 Å². The number of anilines is 1. The molecule has 0 unspecified atom stereocenters. The number of rotatable bonds is 2. The largest absolute Gasteiger partial charge is 0.417 e. The minimum atomic E-state index is -4.53. The van der Waals surface area contributed by atoms with Crippen molar-refractivity contribution in [1.29, 1.82) is 0 Å². The highest BCUT2D eigenvalue weighted by Gasteiger charge is 2.33. The van der Waals surface area contributed by atoms with Crippen LogP contribution in [0.15, 0.2) is 45.8 Å². The van der Waals surface area contributed by atoms with Gasteiger partial charge >= 0.3 is 6.18 Å². The number of nitrogens with one attached hydrogen (secondary N) is 2. The standard InChI is InChI=1S/C13H8BrF3N2O2/c14-10-3-2-8(5-9(10)13(15,16)17)19-12(21)7-1-4-11(20)18-6-7/h1-6H,(H,18,20)(H,19,21). The summed E-state index contributed by atoms with van der Waals surface area (Å²) in [6.45, 7) is 0. The Morgan fingerprint density at radius 2 is 1.90 bits per heavy atom. The number of aromatic nitrogens is 1. The first-order chi connectivity index (χ1) is 9.77. The number of pyridine rings is 1. The van der Waals surface area contributed by atoms with Crippen molar-refractivity contribution < 1.29 is 18.0 Å². The van der Waals surface area contributed by atoms with Gasteiger partial charge in [0, 0.05) is 22.4 Å². The van der Waals surface area contributed by atoms with Crippen LogP contribution in [0.2, 0.25) is 0 Å². The number of alkyl halides is 3. The Hall–Kier alpha value is -2.09. The molecule has 0 saturated carbocycles. The summed E-state index contributed by atoms with van der Waals surface area (Å²) in [5, 5.41) is 2.34. The maximum atomic E-state index is 12.8. The zero-order valence-corrected chi connectivity index (χ0v) is 11.9. The summed E-state index contributed by atoms with van der Waals surface area (Å²) in [6, 6.07) is 5.79. The summed E-state index contributed by atoms with van der Waals surface area (Å²) in [6.07, 6.45) is -3.35. The van der Waals surface area contributed by atoms with Gasteiger partial charge in [0.05, 0.1) is 11.1 Å². The summed E-state index contributed by atoms with van der Waals surface area (Å²) in [5.74, 6) is -0.623. The van der Waals surface area contributed by atoms with Crippen molar-refractivity contribution in [3.05, 3.63) is 62.5 Å². The second kappa shape index (κ2) is 5.72. The third kappa shape index (κ3) is 3.72. The highest BCUT2D eigenvalue weighted by atomic mass is 79.9. The Bertz CT molecular complexity index is 720. The van der Waals surface area contributed by atoms with Crippen molar-refractivity contribution in [3.63, 3.8) is 0 Å². The highest BCUT2D eigenvalue weighted by molar-refractivity contribution is 9.10. The van der Waals surface area contributed by atoms with Gasteiger partial charge in [-0.2, -0.15) is 13.2 Å². The van der Waals surface area contributed by atoms with E-state index < -0.39 is 17.6 Å². The second-order valence-corrected chi connectivity index (χ2v) is 4.94. The Morgan fingerprint density at radius 1 is 1.19 bits per heavy atom. The average molecular weight is 361 g/mol. The predicted octanol–water partition coefficient (Wildman–Crippen LogP) is 3.41. The fourth-order valence-electron chi connectivity index (χ4n) is 1.58. The summed E-state index contributed by atoms with van der Waals surface area (Å²) >= 11 is 2.81. The van der Waals surface area contributed by atoms with Gasteiger partial charge in [-0.15, -0.1) is 0 Å². The molecule has 0 radical (unpaired) electrons. The Labute approximate surface area is 125 Å². The molecule has 2 rings (SSSR count). The van der Waals surface area contributed by atoms with E-state index in [4.69, 9.17) is 0 Å². The molecule has 0 saturated heterocycles. The van der Waals surface area contributed by atoms with E-state index in [0.29, 0.717) is 0 Å². The molecule has 0 atom stereocenters. The van der Waals surface area contributed by atoms with E-state index >= 15 is 0 Å². The van der Waals surface area contributed by atoms with Gasteiger partial charge in [0.1, 0.15) is 0 Å². The van der Waals surface area contributed by atoms with E-state index in [1.54, 1.807) is 0 Å². The van der Waals surface area contributed by atoms with Gasteiger partial charge in [-0.05, 0) is 24.3 Å². The van der Waals surface area contributed by atoms with Crippen LogP contribution in [0.25, 0.3) is 0 Å². The lowest BCUT2D eigenvalue weighted by Crippen LogP contribution is -2.15. The van der Waals surface area contributed by atoms with Gasteiger partial charge in [-0.3, -0.25) is 9.59 Å². The van der Waals surface area contributed by atoms with Crippen LogP contribution in [-0.4, -0.2) is 10.9 Å². The number of carbonyl (C=O) groups is 1. The first kappa shape index (κ1) is 15.3. The van der Waals surface area contributed by atoms with Gasteiger partial charge in [0.2, 0.25) is 5.56 Å². The van der Waals surface area contributed by atoms with E-state index in [1.807, 2.05) is 0 Å². The van der Waals surface area contributed by atoms with Gasteiger partial charge in [-0.25, -0.2) is 0 Å². The number of aromatic amines is 1. The second-order valence-electron chi connectivity index (χ2n) is 4.09. The van der Waals surface area contributed by atoms with Crippen LogP contribution in [0.5, 0.6) is 0 Å². The number of hydrogen-bond acceptors (Lipinski definition) is 2. The van der Waals surface area contributed by atoms with Gasteiger partial charge in [0.15, 0.2) is 0 Å². The van der Waals surface area contributed by atoms with Gasteiger partial charge in [-0.1, -0.05) is 15.9 Å². The summed E-state index contributed by atoms with van der Waals surface area (Å²) < 4.78 is 38.1. The van der Waals surface area contributed by atoms with Crippen molar-refractivity contribution in [2.75, 3.05) is 5.32 Å². The zero-order chi connectivity index (χ0) is 15.6. The van der Waals surface area contributed by atoms with Crippen LogP contribution in [0.3, 0.4) is 0 Å². The van der Waals surface area contributed by atoms with E-state index in [1.165, 1.54) is 24.4 Å². The molecular weight excluding hydrogens is 353 g/mol. The molecular formula is C13H8BrF3N2O2. The van der Waals surface area contributed by atoms with Crippen molar-refractivity contribution in [2.45, 2.75) is 6.18 Å². The fourth-order valence-corrected chi connectivity index (χ4v) is 2.05. The maximum absolute atomic E-state index is 12.8. The van der Waals surface area contributed by atoms with Crippen LogP contribution < -0.4 is 10.9 Å². The summed E-state index contributed by atoms with van der Waals surface area (Å²) in [5.41, 5.74) is -1.14. The molecule has 8 heteroatoms. The number of benzene rings is 1. The lowest BCUT2D eigenvalue weighted by atomic mass is 10.2. The third-order valence-electron chi connectivity index (χ3n) is 2.58. The Morgan fingerprint density at radius 3 is 2.48 bits per heavy atom. The number of amides is 1. The molecule has 0 bridgehead atoms. The maximum Gasteiger partial charge on any atom is 0.417 e. The number of H-pyrrole nitrogens is 1. The van der Waals surface area contributed by atoms with Crippen LogP contribution in [0.1, 0.15) is 15.9 Å². The minimum Gasteiger partial charge on any atom is -0.328 e. The quantitative estimate of drug-likeness (QED) is 0.861. The molecule has 1 amide bonds. The Kier molecular flexibility index (Phi) is 4.17. The molecule has 2 N–H and O–H groups in total. The summed E-state index contributed by atoms with van der Waals surface area (Å²) in [4.78, 5) is 25.0. The first-order valence-corrected chi connectivity index (χ1v) is 6.43. The molecule has 0 aliphatic rings. The van der Waals surface area contributed by atoms with Crippen LogP contribution >= 0.6 is 15.9 Å². The molecule has 110 valence electrons.